The van der Waals surface area contributed by atoms with Gasteiger partial charge in [-0.1, -0.05) is 30.8 Å². The summed E-state index contributed by atoms with van der Waals surface area (Å²) in [6.07, 6.45) is 3.17. The second-order valence-corrected chi connectivity index (χ2v) is 7.75. The first-order chi connectivity index (χ1) is 13.7. The van der Waals surface area contributed by atoms with E-state index in [1.54, 1.807) is 11.9 Å². The molecule has 0 radical (unpaired) electrons. The van der Waals surface area contributed by atoms with Gasteiger partial charge in [-0.3, -0.25) is 4.79 Å². The van der Waals surface area contributed by atoms with Crippen LogP contribution in [0.5, 0.6) is 0 Å². The van der Waals surface area contributed by atoms with Gasteiger partial charge in [-0.05, 0) is 53.7 Å². The van der Waals surface area contributed by atoms with Crippen LogP contribution in [0.25, 0.3) is 10.8 Å². The lowest BCUT2D eigenvalue weighted by Crippen LogP contribution is -2.43. The first-order valence-corrected chi connectivity index (χ1v) is 10.1. The average molecular weight is 391 g/mol. The van der Waals surface area contributed by atoms with Crippen LogP contribution in [0.1, 0.15) is 0 Å². The molecule has 0 atom stereocenters. The summed E-state index contributed by atoms with van der Waals surface area (Å²) in [5, 5.41) is 5.21. The number of pyridine rings is 1. The van der Waals surface area contributed by atoms with Gasteiger partial charge in [0.05, 0.1) is 0 Å². The summed E-state index contributed by atoms with van der Waals surface area (Å²) in [5.41, 5.74) is 0.779. The summed E-state index contributed by atoms with van der Waals surface area (Å²) in [5.74, 6) is 0.878. The van der Waals surface area contributed by atoms with Gasteiger partial charge in [-0.25, -0.2) is 9.29 Å². The number of anilines is 2. The fourth-order valence-corrected chi connectivity index (χ4v) is 4.19. The van der Waals surface area contributed by atoms with Crippen LogP contribution in [0.2, 0.25) is 0 Å². The first-order valence-electron chi connectivity index (χ1n) is 9.28. The molecule has 2 heterocycles. The molecule has 0 spiro atoms. The van der Waals surface area contributed by atoms with Crippen molar-refractivity contribution in [2.45, 2.75) is 4.90 Å². The monoisotopic (exact) mass is 390 g/mol. The number of hydrogen-bond acceptors (Lipinski definition) is 5. The molecule has 1 aromatic heterocycles. The highest BCUT2D eigenvalue weighted by molar-refractivity contribution is 7.97. The smallest absolute Gasteiger partial charge is 0.247 e. The van der Waals surface area contributed by atoms with E-state index in [9.17, 15) is 4.79 Å². The minimum atomic E-state index is -0.196. The van der Waals surface area contributed by atoms with E-state index in [0.717, 1.165) is 42.6 Å². The standard InChI is InChI=1S/C22H22N4OS/c1-2-21(27)24-18-7-9-19(10-8-18)28-26-15-13-25(14-16-26)22-20-6-4-3-5-17(20)11-12-23-22/h2-12H,1,13-16H2,(H,24,27). The largest absolute Gasteiger partial charge is 0.353 e. The highest BCUT2D eigenvalue weighted by atomic mass is 32.2. The van der Waals surface area contributed by atoms with Crippen LogP contribution in [0.3, 0.4) is 0 Å². The molecule has 1 amide bonds. The predicted molar refractivity (Wildman–Crippen MR) is 117 cm³/mol. The number of piperazine rings is 1. The van der Waals surface area contributed by atoms with Crippen molar-refractivity contribution in [3.63, 3.8) is 0 Å². The average Bonchev–Trinajstić information content (AvgIpc) is 2.75. The van der Waals surface area contributed by atoms with Crippen molar-refractivity contribution < 1.29 is 4.79 Å². The minimum absolute atomic E-state index is 0.196. The molecule has 4 rings (SSSR count). The molecule has 0 bridgehead atoms. The normalized spacial score (nSPS) is 14.8. The van der Waals surface area contributed by atoms with E-state index in [0.29, 0.717) is 0 Å². The number of amides is 1. The topological polar surface area (TPSA) is 48.5 Å². The van der Waals surface area contributed by atoms with Crippen LogP contribution in [0.4, 0.5) is 11.5 Å². The van der Waals surface area contributed by atoms with Crippen molar-refractivity contribution in [3.05, 3.63) is 73.4 Å². The van der Waals surface area contributed by atoms with Crippen molar-refractivity contribution >= 4 is 40.1 Å². The number of carbonyl (C=O) groups excluding carboxylic acids is 1. The Morgan fingerprint density at radius 1 is 1.04 bits per heavy atom. The molecule has 1 N–H and O–H groups in total. The molecule has 2 aromatic carbocycles. The third-order valence-electron chi connectivity index (χ3n) is 4.73. The van der Waals surface area contributed by atoms with Crippen LogP contribution in [0, 0.1) is 0 Å². The van der Waals surface area contributed by atoms with Crippen molar-refractivity contribution in [2.75, 3.05) is 36.4 Å². The van der Waals surface area contributed by atoms with E-state index >= 15 is 0 Å². The number of carbonyl (C=O) groups is 1. The molecule has 1 aliphatic heterocycles. The van der Waals surface area contributed by atoms with Crippen LogP contribution in [-0.2, 0) is 4.79 Å². The summed E-state index contributed by atoms with van der Waals surface area (Å²) in [6, 6.07) is 18.4. The molecule has 1 saturated heterocycles. The zero-order valence-corrected chi connectivity index (χ0v) is 16.4. The van der Waals surface area contributed by atoms with E-state index in [1.807, 2.05) is 30.5 Å². The summed E-state index contributed by atoms with van der Waals surface area (Å²) in [4.78, 5) is 19.5. The molecule has 5 nitrogen and oxygen atoms in total. The van der Waals surface area contributed by atoms with Gasteiger partial charge in [0.15, 0.2) is 0 Å². The van der Waals surface area contributed by atoms with E-state index in [1.165, 1.54) is 16.8 Å². The maximum Gasteiger partial charge on any atom is 0.247 e. The maximum absolute atomic E-state index is 11.4. The molecule has 28 heavy (non-hydrogen) atoms. The number of benzene rings is 2. The number of nitrogens with zero attached hydrogens (tertiary/aromatic N) is 3. The molecule has 0 unspecified atom stereocenters. The van der Waals surface area contributed by atoms with Gasteiger partial charge in [0.25, 0.3) is 0 Å². The number of rotatable bonds is 5. The zero-order valence-electron chi connectivity index (χ0n) is 15.5. The van der Waals surface area contributed by atoms with E-state index in [-0.39, 0.29) is 5.91 Å². The summed E-state index contributed by atoms with van der Waals surface area (Å²) >= 11 is 1.75. The van der Waals surface area contributed by atoms with Gasteiger partial charge < -0.3 is 10.2 Å². The molecule has 6 heteroatoms. The second-order valence-electron chi connectivity index (χ2n) is 6.58. The Hall–Kier alpha value is -2.83. The molecule has 1 fully saturated rings. The third-order valence-corrected chi connectivity index (χ3v) is 5.84. The van der Waals surface area contributed by atoms with E-state index in [2.05, 4.69) is 56.4 Å². The number of fused-ring (bicyclic) bond motifs is 1. The summed E-state index contributed by atoms with van der Waals surface area (Å²) in [6.45, 7) is 7.28. The van der Waals surface area contributed by atoms with Gasteiger partial charge in [0, 0.05) is 48.3 Å². The molecular weight excluding hydrogens is 368 g/mol. The van der Waals surface area contributed by atoms with Crippen molar-refractivity contribution in [2.24, 2.45) is 0 Å². The Morgan fingerprint density at radius 2 is 1.79 bits per heavy atom. The number of nitrogens with one attached hydrogen (secondary N) is 1. The van der Waals surface area contributed by atoms with Crippen molar-refractivity contribution in [3.8, 4) is 0 Å². The van der Waals surface area contributed by atoms with Gasteiger partial charge >= 0.3 is 0 Å². The molecule has 142 valence electrons. The van der Waals surface area contributed by atoms with Crippen LogP contribution in [0.15, 0.2) is 78.3 Å². The Balaban J connectivity index is 1.36. The fourth-order valence-electron chi connectivity index (χ4n) is 3.29. The lowest BCUT2D eigenvalue weighted by Gasteiger charge is -2.35. The Morgan fingerprint density at radius 3 is 2.54 bits per heavy atom. The van der Waals surface area contributed by atoms with E-state index < -0.39 is 0 Å². The molecular formula is C22H22N4OS. The van der Waals surface area contributed by atoms with Crippen molar-refractivity contribution in [1.82, 2.24) is 9.29 Å². The maximum atomic E-state index is 11.4. The quantitative estimate of drug-likeness (QED) is 0.523. The van der Waals surface area contributed by atoms with Crippen LogP contribution in [-0.4, -0.2) is 41.4 Å². The Bertz CT molecular complexity index is 976. The highest BCUT2D eigenvalue weighted by Crippen LogP contribution is 2.29. The second kappa shape index (κ2) is 8.46. The minimum Gasteiger partial charge on any atom is -0.353 e. The summed E-state index contributed by atoms with van der Waals surface area (Å²) in [7, 11) is 0. The lowest BCUT2D eigenvalue weighted by atomic mass is 10.1. The molecule has 3 aromatic rings. The highest BCUT2D eigenvalue weighted by Gasteiger charge is 2.20. The van der Waals surface area contributed by atoms with Gasteiger partial charge in [0.1, 0.15) is 5.82 Å². The SMILES string of the molecule is C=CC(=O)Nc1ccc(SN2CCN(c3nccc4ccccc34)CC2)cc1. The number of aromatic nitrogens is 1. The van der Waals surface area contributed by atoms with Crippen LogP contribution >= 0.6 is 11.9 Å². The molecule has 1 aliphatic rings. The van der Waals surface area contributed by atoms with E-state index in [4.69, 9.17) is 0 Å². The molecule has 0 saturated carbocycles. The first kappa shape index (κ1) is 18.5. The number of hydrogen-bond donors (Lipinski definition) is 1. The Kier molecular flexibility index (Phi) is 5.60. The van der Waals surface area contributed by atoms with Gasteiger partial charge in [-0.2, -0.15) is 0 Å². The van der Waals surface area contributed by atoms with Crippen LogP contribution < -0.4 is 10.2 Å². The lowest BCUT2D eigenvalue weighted by molar-refractivity contribution is -0.111. The predicted octanol–water partition coefficient (Wildman–Crippen LogP) is 4.19. The Labute approximate surface area is 169 Å². The van der Waals surface area contributed by atoms with Gasteiger partial charge in [0.2, 0.25) is 5.91 Å². The third kappa shape index (κ3) is 4.18. The van der Waals surface area contributed by atoms with Gasteiger partial charge in [-0.15, -0.1) is 0 Å². The zero-order chi connectivity index (χ0) is 19.3. The molecule has 0 aliphatic carbocycles. The fraction of sp³-hybridized carbons (Fsp3) is 0.182. The summed E-state index contributed by atoms with van der Waals surface area (Å²) < 4.78 is 2.37. The van der Waals surface area contributed by atoms with Crippen molar-refractivity contribution in [1.29, 1.82) is 0 Å².